The fraction of sp³-hybridized carbons (Fsp3) is 0.296. The van der Waals surface area contributed by atoms with Crippen molar-refractivity contribution >= 4 is 11.9 Å². The van der Waals surface area contributed by atoms with Gasteiger partial charge in [-0.2, -0.15) is 4.73 Å². The topological polar surface area (TPSA) is 130 Å². The van der Waals surface area contributed by atoms with Crippen molar-refractivity contribution in [3.05, 3.63) is 82.8 Å². The largest absolute Gasteiger partial charge is 0.618 e. The van der Waals surface area contributed by atoms with E-state index >= 15 is 0 Å². The highest BCUT2D eigenvalue weighted by molar-refractivity contribution is 5.96. The number of nitrogens with one attached hydrogen (secondary N) is 1. The van der Waals surface area contributed by atoms with E-state index < -0.39 is 35.5 Å². The van der Waals surface area contributed by atoms with E-state index in [1.807, 2.05) is 48.5 Å². The van der Waals surface area contributed by atoms with Gasteiger partial charge < -0.3 is 34.6 Å². The Morgan fingerprint density at radius 2 is 1.49 bits per heavy atom. The van der Waals surface area contributed by atoms with Crippen LogP contribution in [0.4, 0.5) is 0 Å². The van der Waals surface area contributed by atoms with Gasteiger partial charge in [-0.25, -0.2) is 4.79 Å². The number of hydrogen-bond acceptors (Lipinski definition) is 8. The summed E-state index contributed by atoms with van der Waals surface area (Å²) in [5.74, 6) is -1.47. The fourth-order valence-corrected chi connectivity index (χ4v) is 3.96. The van der Waals surface area contributed by atoms with Gasteiger partial charge in [-0.05, 0) is 49.2 Å². The molecule has 0 spiro atoms. The van der Waals surface area contributed by atoms with Crippen LogP contribution in [0.1, 0.15) is 41.4 Å². The molecule has 2 atom stereocenters. The molecule has 3 rings (SSSR count). The van der Waals surface area contributed by atoms with E-state index in [-0.39, 0.29) is 16.4 Å². The zero-order valence-electron chi connectivity index (χ0n) is 21.3. The first kappa shape index (κ1) is 27.1. The van der Waals surface area contributed by atoms with Gasteiger partial charge in [0.05, 0.1) is 21.3 Å². The smallest absolute Gasteiger partial charge is 0.328 e. The highest BCUT2D eigenvalue weighted by atomic mass is 16.5. The monoisotopic (exact) mass is 510 g/mol. The van der Waals surface area contributed by atoms with Gasteiger partial charge >= 0.3 is 17.6 Å². The molecule has 1 heterocycles. The molecule has 0 aliphatic heterocycles. The van der Waals surface area contributed by atoms with Gasteiger partial charge in [0, 0.05) is 12.0 Å². The summed E-state index contributed by atoms with van der Waals surface area (Å²) in [6.45, 7) is 3.17. The second-order valence-corrected chi connectivity index (χ2v) is 8.28. The van der Waals surface area contributed by atoms with Gasteiger partial charge in [0.25, 0.3) is 0 Å². The summed E-state index contributed by atoms with van der Waals surface area (Å²) in [7, 11) is 4.42. The zero-order valence-corrected chi connectivity index (χ0v) is 21.3. The van der Waals surface area contributed by atoms with Crippen molar-refractivity contribution in [2.75, 3.05) is 21.3 Å². The Kier molecular flexibility index (Phi) is 8.78. The van der Waals surface area contributed by atoms with E-state index in [4.69, 9.17) is 18.9 Å². The van der Waals surface area contributed by atoms with Crippen LogP contribution in [-0.4, -0.2) is 50.5 Å². The molecule has 1 amide bonds. The zero-order chi connectivity index (χ0) is 27.1. The van der Waals surface area contributed by atoms with Gasteiger partial charge in [0.2, 0.25) is 5.75 Å². The van der Waals surface area contributed by atoms with E-state index in [0.717, 1.165) is 17.3 Å². The van der Waals surface area contributed by atoms with Crippen LogP contribution >= 0.6 is 0 Å². The molecule has 37 heavy (non-hydrogen) atoms. The van der Waals surface area contributed by atoms with Crippen molar-refractivity contribution in [2.24, 2.45) is 0 Å². The Hall–Kier alpha value is -4.47. The number of carbonyl (C=O) groups is 2. The van der Waals surface area contributed by atoms with Gasteiger partial charge in [-0.15, -0.1) is 0 Å². The van der Waals surface area contributed by atoms with Crippen LogP contribution in [0.25, 0.3) is 0 Å². The molecular formula is C27H30N2O8. The molecule has 3 aromatic rings. The molecule has 10 nitrogen and oxygen atoms in total. The van der Waals surface area contributed by atoms with Gasteiger partial charge in [-0.3, -0.25) is 4.79 Å². The van der Waals surface area contributed by atoms with E-state index in [1.54, 1.807) is 21.1 Å². The SMILES string of the molecule is COc1cccc(C(c2cccc(OC)c2)[C@H](C)OC(=O)[C@H](C)NC(=O)c2c(O)c(OC)cc[n+]2[O-])c1. The van der Waals surface area contributed by atoms with Crippen LogP contribution in [0, 0.1) is 5.21 Å². The maximum absolute atomic E-state index is 13.0. The number of methoxy groups -OCH3 is 3. The first-order chi connectivity index (χ1) is 17.7. The third kappa shape index (κ3) is 6.21. The molecule has 0 saturated carbocycles. The van der Waals surface area contributed by atoms with Crippen LogP contribution in [0.2, 0.25) is 0 Å². The molecule has 1 aromatic heterocycles. The minimum atomic E-state index is -1.13. The maximum Gasteiger partial charge on any atom is 0.328 e. The van der Waals surface area contributed by atoms with Crippen molar-refractivity contribution in [3.8, 4) is 23.0 Å². The summed E-state index contributed by atoms with van der Waals surface area (Å²) in [6.07, 6.45) is 0.353. The number of aromatic hydroxyl groups is 1. The van der Waals surface area contributed by atoms with Crippen LogP contribution in [0.5, 0.6) is 23.0 Å². The number of ether oxygens (including phenoxy) is 4. The maximum atomic E-state index is 13.0. The summed E-state index contributed by atoms with van der Waals surface area (Å²) in [6, 6.07) is 14.9. The van der Waals surface area contributed by atoms with Crippen molar-refractivity contribution < 1.29 is 38.4 Å². The number of carbonyl (C=O) groups excluding carboxylic acids is 2. The molecule has 0 radical (unpaired) electrons. The number of aromatic nitrogens is 1. The number of hydrogen-bond donors (Lipinski definition) is 2. The van der Waals surface area contributed by atoms with Gasteiger partial charge in [0.1, 0.15) is 23.6 Å². The van der Waals surface area contributed by atoms with Crippen molar-refractivity contribution in [2.45, 2.75) is 31.9 Å². The van der Waals surface area contributed by atoms with E-state index in [9.17, 15) is 19.9 Å². The number of pyridine rings is 1. The van der Waals surface area contributed by atoms with Crippen molar-refractivity contribution in [1.82, 2.24) is 5.32 Å². The number of esters is 1. The Labute approximate surface area is 214 Å². The summed E-state index contributed by atoms with van der Waals surface area (Å²) in [5, 5.41) is 24.7. The standard InChI is InChI=1S/C27H30N2O8/c1-16(28-26(31)24-25(30)22(36-5)12-13-29(24)33)27(32)37-17(2)23(18-8-6-10-20(14-18)34-3)19-9-7-11-21(15-19)35-4/h6-17,23,30H,1-5H3,(H,28,31)/t16-,17-/m0/s1. The summed E-state index contributed by atoms with van der Waals surface area (Å²) >= 11 is 0. The Morgan fingerprint density at radius 1 is 0.919 bits per heavy atom. The van der Waals surface area contributed by atoms with Gasteiger partial charge in [0.15, 0.2) is 11.9 Å². The normalized spacial score (nSPS) is 12.4. The average Bonchev–Trinajstić information content (AvgIpc) is 2.89. The number of amides is 1. The number of rotatable bonds is 10. The molecule has 2 aromatic carbocycles. The summed E-state index contributed by atoms with van der Waals surface area (Å²) < 4.78 is 21.6. The minimum absolute atomic E-state index is 0.0551. The minimum Gasteiger partial charge on any atom is -0.618 e. The van der Waals surface area contributed by atoms with Crippen LogP contribution < -0.4 is 24.3 Å². The van der Waals surface area contributed by atoms with Crippen LogP contribution in [0.15, 0.2) is 60.8 Å². The molecule has 2 N–H and O–H groups in total. The Balaban J connectivity index is 1.83. The van der Waals surface area contributed by atoms with E-state index in [0.29, 0.717) is 11.5 Å². The highest BCUT2D eigenvalue weighted by Crippen LogP contribution is 2.34. The Morgan fingerprint density at radius 3 is 2.00 bits per heavy atom. The second kappa shape index (κ2) is 12.0. The third-order valence-corrected chi connectivity index (χ3v) is 5.85. The molecule has 196 valence electrons. The molecule has 0 aliphatic rings. The Bertz CT molecular complexity index is 1220. The first-order valence-electron chi connectivity index (χ1n) is 11.5. The molecule has 0 saturated heterocycles. The molecule has 0 unspecified atom stereocenters. The van der Waals surface area contributed by atoms with Crippen molar-refractivity contribution in [1.29, 1.82) is 0 Å². The third-order valence-electron chi connectivity index (χ3n) is 5.85. The quantitative estimate of drug-likeness (QED) is 0.242. The molecule has 0 fully saturated rings. The van der Waals surface area contributed by atoms with E-state index in [2.05, 4.69) is 5.32 Å². The van der Waals surface area contributed by atoms with Gasteiger partial charge in [-0.1, -0.05) is 24.3 Å². The molecule has 0 bridgehead atoms. The lowest BCUT2D eigenvalue weighted by Crippen LogP contribution is -2.46. The summed E-state index contributed by atoms with van der Waals surface area (Å²) in [4.78, 5) is 25.7. The number of benzene rings is 2. The molecule has 10 heteroatoms. The highest BCUT2D eigenvalue weighted by Gasteiger charge is 2.31. The lowest BCUT2D eigenvalue weighted by molar-refractivity contribution is -0.608. The lowest BCUT2D eigenvalue weighted by atomic mass is 9.87. The molecule has 0 aliphatic carbocycles. The molecular weight excluding hydrogens is 480 g/mol. The van der Waals surface area contributed by atoms with E-state index in [1.165, 1.54) is 20.1 Å². The fourth-order valence-electron chi connectivity index (χ4n) is 3.96. The first-order valence-corrected chi connectivity index (χ1v) is 11.5. The van der Waals surface area contributed by atoms with Crippen molar-refractivity contribution in [3.63, 3.8) is 0 Å². The lowest BCUT2D eigenvalue weighted by Gasteiger charge is -2.27. The summed E-state index contributed by atoms with van der Waals surface area (Å²) in [5.41, 5.74) is 1.09. The second-order valence-electron chi connectivity index (χ2n) is 8.28. The predicted octanol–water partition coefficient (Wildman–Crippen LogP) is 2.93. The van der Waals surface area contributed by atoms with Crippen LogP contribution in [-0.2, 0) is 9.53 Å². The average molecular weight is 511 g/mol. The van der Waals surface area contributed by atoms with Crippen LogP contribution in [0.3, 0.4) is 0 Å². The number of nitrogens with zero attached hydrogens (tertiary/aromatic N) is 1. The predicted molar refractivity (Wildman–Crippen MR) is 134 cm³/mol.